The van der Waals surface area contributed by atoms with Crippen LogP contribution in [-0.4, -0.2) is 48.9 Å². The van der Waals surface area contributed by atoms with Crippen molar-refractivity contribution in [2.24, 2.45) is 0 Å². The van der Waals surface area contributed by atoms with E-state index < -0.39 is 11.6 Å². The normalized spacial score (nSPS) is 15.0. The van der Waals surface area contributed by atoms with Gasteiger partial charge in [0.1, 0.15) is 17.5 Å². The Morgan fingerprint density at radius 3 is 2.50 bits per heavy atom. The molecule has 120 valence electrons. The molecule has 0 saturated carbocycles. The second-order valence-corrected chi connectivity index (χ2v) is 6.14. The van der Waals surface area contributed by atoms with Crippen LogP contribution in [0.3, 0.4) is 0 Å². The molecule has 0 aliphatic carbocycles. The van der Waals surface area contributed by atoms with Crippen LogP contribution in [0, 0.1) is 0 Å². The van der Waals surface area contributed by atoms with Gasteiger partial charge in [0.15, 0.2) is 0 Å². The fraction of sp³-hybridized carbons (Fsp3) is 0.500. The molecule has 1 amide bonds. The number of amides is 1. The predicted octanol–water partition coefficient (Wildman–Crippen LogP) is 2.47. The summed E-state index contributed by atoms with van der Waals surface area (Å²) in [5.41, 5.74) is -0.0685. The smallest absolute Gasteiger partial charge is 0.410 e. The lowest BCUT2D eigenvalue weighted by Crippen LogP contribution is -2.57. The summed E-state index contributed by atoms with van der Waals surface area (Å²) in [5, 5.41) is 0. The quantitative estimate of drug-likeness (QED) is 0.803. The predicted molar refractivity (Wildman–Crippen MR) is 80.0 cm³/mol. The van der Waals surface area contributed by atoms with Crippen LogP contribution in [0.2, 0.25) is 0 Å². The number of carbonyl (C=O) groups excluding carboxylic acids is 2. The van der Waals surface area contributed by atoms with E-state index in [0.717, 1.165) is 0 Å². The number of rotatable bonds is 3. The van der Waals surface area contributed by atoms with Crippen molar-refractivity contribution in [3.63, 3.8) is 0 Å². The zero-order valence-electron chi connectivity index (χ0n) is 13.3. The highest BCUT2D eigenvalue weighted by Gasteiger charge is 2.35. The second-order valence-electron chi connectivity index (χ2n) is 6.14. The highest BCUT2D eigenvalue weighted by Crippen LogP contribution is 2.21. The summed E-state index contributed by atoms with van der Waals surface area (Å²) in [6.07, 6.45) is -0.434. The molecule has 0 spiro atoms. The molecule has 6 nitrogen and oxygen atoms in total. The number of hydrogen-bond donors (Lipinski definition) is 0. The number of methoxy groups -OCH3 is 1. The molecule has 2 rings (SSSR count). The Kier molecular flexibility index (Phi) is 4.59. The molecule has 0 unspecified atom stereocenters. The summed E-state index contributed by atoms with van der Waals surface area (Å²) in [7, 11) is 1.33. The molecule has 6 heteroatoms. The Balaban J connectivity index is 1.85. The molecular weight excluding hydrogens is 286 g/mol. The molecule has 0 aromatic heterocycles. The number of carbonyl (C=O) groups is 2. The van der Waals surface area contributed by atoms with Crippen LogP contribution >= 0.6 is 0 Å². The molecule has 1 fully saturated rings. The summed E-state index contributed by atoms with van der Waals surface area (Å²) in [6.45, 7) is 6.43. The van der Waals surface area contributed by atoms with Gasteiger partial charge in [-0.05, 0) is 39.0 Å². The van der Waals surface area contributed by atoms with Crippen molar-refractivity contribution in [3.8, 4) is 5.75 Å². The zero-order chi connectivity index (χ0) is 16.3. The van der Waals surface area contributed by atoms with E-state index >= 15 is 0 Å². The van der Waals surface area contributed by atoms with Crippen molar-refractivity contribution < 1.29 is 23.8 Å². The minimum Gasteiger partial charge on any atom is -0.487 e. The van der Waals surface area contributed by atoms with E-state index in [4.69, 9.17) is 9.47 Å². The lowest BCUT2D eigenvalue weighted by molar-refractivity contribution is -0.0221. The summed E-state index contributed by atoms with van der Waals surface area (Å²) >= 11 is 0. The molecule has 0 atom stereocenters. The van der Waals surface area contributed by atoms with Gasteiger partial charge in [-0.2, -0.15) is 0 Å². The maximum Gasteiger partial charge on any atom is 0.410 e. The highest BCUT2D eigenvalue weighted by atomic mass is 16.6. The van der Waals surface area contributed by atoms with E-state index in [9.17, 15) is 9.59 Å². The Labute approximate surface area is 129 Å². The SMILES string of the molecule is COC(=O)c1cccc(OC2CN(C(=O)OC(C)(C)C)C2)c1. The summed E-state index contributed by atoms with van der Waals surface area (Å²) in [6, 6.07) is 6.78. The Hall–Kier alpha value is -2.24. The Morgan fingerprint density at radius 2 is 1.91 bits per heavy atom. The van der Waals surface area contributed by atoms with Crippen LogP contribution in [-0.2, 0) is 9.47 Å². The molecule has 22 heavy (non-hydrogen) atoms. The lowest BCUT2D eigenvalue weighted by Gasteiger charge is -2.39. The summed E-state index contributed by atoms with van der Waals surface area (Å²) in [4.78, 5) is 24.9. The third-order valence-electron chi connectivity index (χ3n) is 3.06. The van der Waals surface area contributed by atoms with E-state index in [-0.39, 0.29) is 12.2 Å². The van der Waals surface area contributed by atoms with E-state index in [2.05, 4.69) is 4.74 Å². The van der Waals surface area contributed by atoms with Crippen LogP contribution in [0.25, 0.3) is 0 Å². The topological polar surface area (TPSA) is 65.1 Å². The largest absolute Gasteiger partial charge is 0.487 e. The fourth-order valence-corrected chi connectivity index (χ4v) is 1.99. The maximum atomic E-state index is 11.8. The minimum absolute atomic E-state index is 0.0968. The highest BCUT2D eigenvalue weighted by molar-refractivity contribution is 5.89. The average Bonchev–Trinajstić information content (AvgIpc) is 2.39. The van der Waals surface area contributed by atoms with Crippen LogP contribution in [0.5, 0.6) is 5.75 Å². The van der Waals surface area contributed by atoms with Gasteiger partial charge in [-0.25, -0.2) is 9.59 Å². The van der Waals surface area contributed by atoms with E-state index in [0.29, 0.717) is 24.4 Å². The number of hydrogen-bond acceptors (Lipinski definition) is 5. The first-order chi connectivity index (χ1) is 10.3. The summed E-state index contributed by atoms with van der Waals surface area (Å²) < 4.78 is 15.7. The molecule has 0 radical (unpaired) electrons. The molecule has 1 aliphatic rings. The number of likely N-dealkylation sites (tertiary alicyclic amines) is 1. The van der Waals surface area contributed by atoms with E-state index in [1.165, 1.54) is 7.11 Å². The molecule has 1 aliphatic heterocycles. The zero-order valence-corrected chi connectivity index (χ0v) is 13.3. The first-order valence-electron chi connectivity index (χ1n) is 7.11. The monoisotopic (exact) mass is 307 g/mol. The number of benzene rings is 1. The molecule has 1 saturated heterocycles. The molecular formula is C16H21NO5. The van der Waals surface area contributed by atoms with Crippen molar-refractivity contribution in [3.05, 3.63) is 29.8 Å². The van der Waals surface area contributed by atoms with Gasteiger partial charge in [0.2, 0.25) is 0 Å². The van der Waals surface area contributed by atoms with Crippen LogP contribution in [0.4, 0.5) is 4.79 Å². The van der Waals surface area contributed by atoms with Gasteiger partial charge >= 0.3 is 12.1 Å². The Morgan fingerprint density at radius 1 is 1.23 bits per heavy atom. The standard InChI is InChI=1S/C16H21NO5/c1-16(2,3)22-15(19)17-9-13(10-17)21-12-7-5-6-11(8-12)14(18)20-4/h5-8,13H,9-10H2,1-4H3. The first-order valence-corrected chi connectivity index (χ1v) is 7.11. The molecule has 1 aromatic rings. The first kappa shape index (κ1) is 16.1. The number of nitrogens with zero attached hydrogens (tertiary/aromatic N) is 1. The third-order valence-corrected chi connectivity index (χ3v) is 3.06. The van der Waals surface area contributed by atoms with Gasteiger partial charge in [-0.3, -0.25) is 0 Å². The number of ether oxygens (including phenoxy) is 3. The van der Waals surface area contributed by atoms with Gasteiger partial charge in [-0.1, -0.05) is 6.07 Å². The summed E-state index contributed by atoms with van der Waals surface area (Å²) in [5.74, 6) is 0.172. The van der Waals surface area contributed by atoms with Gasteiger partial charge in [0, 0.05) is 0 Å². The minimum atomic E-state index is -0.502. The van der Waals surface area contributed by atoms with Gasteiger partial charge < -0.3 is 19.1 Å². The van der Waals surface area contributed by atoms with Gasteiger partial charge in [-0.15, -0.1) is 0 Å². The van der Waals surface area contributed by atoms with Crippen molar-refractivity contribution >= 4 is 12.1 Å². The van der Waals surface area contributed by atoms with E-state index in [1.807, 2.05) is 20.8 Å². The number of esters is 1. The maximum absolute atomic E-state index is 11.8. The van der Waals surface area contributed by atoms with E-state index in [1.54, 1.807) is 29.2 Å². The van der Waals surface area contributed by atoms with Gasteiger partial charge in [0.05, 0.1) is 25.8 Å². The van der Waals surface area contributed by atoms with Crippen LogP contribution in [0.15, 0.2) is 24.3 Å². The molecule has 1 aromatic carbocycles. The molecule has 0 bridgehead atoms. The Bertz CT molecular complexity index is 558. The molecule has 0 N–H and O–H groups in total. The van der Waals surface area contributed by atoms with Crippen LogP contribution in [0.1, 0.15) is 31.1 Å². The van der Waals surface area contributed by atoms with Crippen LogP contribution < -0.4 is 4.74 Å². The van der Waals surface area contributed by atoms with Crippen molar-refractivity contribution in [2.45, 2.75) is 32.5 Å². The van der Waals surface area contributed by atoms with Crippen molar-refractivity contribution in [1.29, 1.82) is 0 Å². The second kappa shape index (κ2) is 6.25. The fourth-order valence-electron chi connectivity index (χ4n) is 1.99. The van der Waals surface area contributed by atoms with Gasteiger partial charge in [0.25, 0.3) is 0 Å². The van der Waals surface area contributed by atoms with Crippen molar-refractivity contribution in [1.82, 2.24) is 4.90 Å². The molecule has 1 heterocycles. The average molecular weight is 307 g/mol. The van der Waals surface area contributed by atoms with Crippen molar-refractivity contribution in [2.75, 3.05) is 20.2 Å². The third kappa shape index (κ3) is 4.13. The lowest BCUT2D eigenvalue weighted by atomic mass is 10.1.